The Labute approximate surface area is 124 Å². The summed E-state index contributed by atoms with van der Waals surface area (Å²) >= 11 is 1.66. The monoisotopic (exact) mass is 292 g/mol. The Morgan fingerprint density at radius 3 is 3.00 bits per heavy atom. The summed E-state index contributed by atoms with van der Waals surface area (Å²) in [4.78, 5) is 17.8. The van der Waals surface area contributed by atoms with E-state index in [0.717, 1.165) is 24.5 Å². The number of thiophene rings is 1. The molecule has 0 bridgehead atoms. The highest BCUT2D eigenvalue weighted by atomic mass is 32.1. The van der Waals surface area contributed by atoms with E-state index in [1.807, 2.05) is 18.0 Å². The third kappa shape index (κ3) is 4.07. The van der Waals surface area contributed by atoms with Gasteiger partial charge in [-0.15, -0.1) is 11.3 Å². The highest BCUT2D eigenvalue weighted by Gasteiger charge is 2.27. The molecule has 1 amide bonds. The van der Waals surface area contributed by atoms with Crippen molar-refractivity contribution in [3.05, 3.63) is 21.9 Å². The zero-order valence-corrected chi connectivity index (χ0v) is 12.7. The number of hydrogen-bond acceptors (Lipinski definition) is 4. The largest absolute Gasteiger partial charge is 0.384 e. The van der Waals surface area contributed by atoms with E-state index >= 15 is 0 Å². The van der Waals surface area contributed by atoms with Gasteiger partial charge in [0, 0.05) is 38.0 Å². The van der Waals surface area contributed by atoms with Crippen LogP contribution in [0.3, 0.4) is 0 Å². The maximum atomic E-state index is 11.5. The first-order chi connectivity index (χ1) is 9.58. The van der Waals surface area contributed by atoms with Gasteiger partial charge in [-0.1, -0.05) is 11.8 Å². The molecule has 2 heterocycles. The van der Waals surface area contributed by atoms with E-state index in [9.17, 15) is 4.79 Å². The Morgan fingerprint density at radius 1 is 1.55 bits per heavy atom. The molecule has 1 unspecified atom stereocenters. The zero-order valence-electron chi connectivity index (χ0n) is 11.9. The lowest BCUT2D eigenvalue weighted by Gasteiger charge is -2.19. The summed E-state index contributed by atoms with van der Waals surface area (Å²) in [5, 5.41) is 8.67. The van der Waals surface area contributed by atoms with Crippen molar-refractivity contribution in [3.8, 4) is 11.8 Å². The smallest absolute Gasteiger partial charge is 0.222 e. The highest BCUT2D eigenvalue weighted by molar-refractivity contribution is 7.12. The molecule has 1 aliphatic rings. The van der Waals surface area contributed by atoms with Crippen LogP contribution in [0.25, 0.3) is 0 Å². The highest BCUT2D eigenvalue weighted by Crippen LogP contribution is 2.20. The summed E-state index contributed by atoms with van der Waals surface area (Å²) in [6, 6.07) is 4.07. The Bertz CT molecular complexity index is 529. The first kappa shape index (κ1) is 15.0. The fourth-order valence-corrected chi connectivity index (χ4v) is 3.47. The molecule has 1 atom stereocenters. The summed E-state index contributed by atoms with van der Waals surface area (Å²) in [6.07, 6.45) is 0.665. The van der Waals surface area contributed by atoms with Crippen molar-refractivity contribution in [1.82, 2.24) is 9.80 Å². The second-order valence-electron chi connectivity index (χ2n) is 5.27. The van der Waals surface area contributed by atoms with Crippen molar-refractivity contribution < 1.29 is 9.90 Å². The number of carbonyl (C=O) groups excluding carboxylic acids is 1. The van der Waals surface area contributed by atoms with Crippen LogP contribution in [-0.2, 0) is 11.3 Å². The molecule has 108 valence electrons. The van der Waals surface area contributed by atoms with Crippen LogP contribution in [0.1, 0.15) is 16.2 Å². The minimum absolute atomic E-state index is 0.101. The normalized spacial score (nSPS) is 18.5. The zero-order chi connectivity index (χ0) is 14.5. The molecule has 0 aromatic carbocycles. The number of nitrogens with zero attached hydrogens (tertiary/aromatic N) is 2. The van der Waals surface area contributed by atoms with Crippen molar-refractivity contribution in [1.29, 1.82) is 0 Å². The predicted molar refractivity (Wildman–Crippen MR) is 80.4 cm³/mol. The predicted octanol–water partition coefficient (Wildman–Crippen LogP) is 1.00. The van der Waals surface area contributed by atoms with E-state index in [1.165, 1.54) is 4.88 Å². The Balaban J connectivity index is 1.84. The summed E-state index contributed by atoms with van der Waals surface area (Å²) in [5.74, 6) is 6.27. The SMILES string of the molecule is CN(Cc1ccc(C#CCO)s1)CC1CC(=O)N(C)C1. The van der Waals surface area contributed by atoms with E-state index in [1.54, 1.807) is 11.3 Å². The lowest BCUT2D eigenvalue weighted by Crippen LogP contribution is -2.26. The van der Waals surface area contributed by atoms with Crippen LogP contribution in [0.2, 0.25) is 0 Å². The van der Waals surface area contributed by atoms with E-state index in [-0.39, 0.29) is 12.5 Å². The number of rotatable bonds is 4. The van der Waals surface area contributed by atoms with Crippen LogP contribution in [0, 0.1) is 17.8 Å². The molecule has 20 heavy (non-hydrogen) atoms. The number of carbonyl (C=O) groups is 1. The van der Waals surface area contributed by atoms with Crippen LogP contribution in [0.5, 0.6) is 0 Å². The van der Waals surface area contributed by atoms with Gasteiger partial charge in [-0.05, 0) is 25.1 Å². The maximum absolute atomic E-state index is 11.5. The van der Waals surface area contributed by atoms with Gasteiger partial charge in [0.15, 0.2) is 0 Å². The second-order valence-corrected chi connectivity index (χ2v) is 6.44. The van der Waals surface area contributed by atoms with Crippen molar-refractivity contribution in [2.24, 2.45) is 5.92 Å². The molecule has 1 aromatic heterocycles. The molecule has 1 aliphatic heterocycles. The summed E-state index contributed by atoms with van der Waals surface area (Å²) in [7, 11) is 3.95. The fourth-order valence-electron chi connectivity index (χ4n) is 2.51. The van der Waals surface area contributed by atoms with E-state index in [2.05, 4.69) is 29.9 Å². The van der Waals surface area contributed by atoms with Crippen molar-refractivity contribution in [3.63, 3.8) is 0 Å². The average Bonchev–Trinajstić information content (AvgIpc) is 2.94. The van der Waals surface area contributed by atoms with Gasteiger partial charge in [-0.2, -0.15) is 0 Å². The van der Waals surface area contributed by atoms with Gasteiger partial charge in [0.05, 0.1) is 4.88 Å². The Morgan fingerprint density at radius 2 is 2.35 bits per heavy atom. The Kier molecular flexibility index (Phi) is 5.18. The van der Waals surface area contributed by atoms with Gasteiger partial charge < -0.3 is 14.9 Å². The van der Waals surface area contributed by atoms with Crippen LogP contribution < -0.4 is 0 Å². The molecular weight excluding hydrogens is 272 g/mol. The summed E-state index contributed by atoms with van der Waals surface area (Å²) in [5.41, 5.74) is 0. The molecule has 1 aromatic rings. The number of likely N-dealkylation sites (tertiary alicyclic amines) is 1. The van der Waals surface area contributed by atoms with Crippen LogP contribution >= 0.6 is 11.3 Å². The molecule has 1 saturated heterocycles. The number of hydrogen-bond donors (Lipinski definition) is 1. The first-order valence-electron chi connectivity index (χ1n) is 6.69. The molecule has 1 fully saturated rings. The number of aliphatic hydroxyl groups is 1. The standard InChI is InChI=1S/C15H20N2O2S/c1-16(9-12-8-15(19)17(2)10-12)11-14-6-5-13(20-14)4-3-7-18/h5-6,12,18H,7-11H2,1-2H3. The molecule has 5 heteroatoms. The number of amides is 1. The van der Waals surface area contributed by atoms with E-state index in [4.69, 9.17) is 5.11 Å². The van der Waals surface area contributed by atoms with Gasteiger partial charge in [-0.3, -0.25) is 4.79 Å². The fraction of sp³-hybridized carbons (Fsp3) is 0.533. The minimum Gasteiger partial charge on any atom is -0.384 e. The van der Waals surface area contributed by atoms with Crippen LogP contribution in [0.4, 0.5) is 0 Å². The maximum Gasteiger partial charge on any atom is 0.222 e. The van der Waals surface area contributed by atoms with E-state index in [0.29, 0.717) is 12.3 Å². The summed E-state index contributed by atoms with van der Waals surface area (Å²) < 4.78 is 0. The topological polar surface area (TPSA) is 43.8 Å². The molecular formula is C15H20N2O2S. The van der Waals surface area contributed by atoms with Crippen molar-refractivity contribution in [2.75, 3.05) is 33.8 Å². The van der Waals surface area contributed by atoms with Gasteiger partial charge in [0.25, 0.3) is 0 Å². The van der Waals surface area contributed by atoms with Crippen LogP contribution in [-0.4, -0.2) is 54.6 Å². The van der Waals surface area contributed by atoms with Gasteiger partial charge >= 0.3 is 0 Å². The number of aliphatic hydroxyl groups excluding tert-OH is 1. The summed E-state index contributed by atoms with van der Waals surface area (Å²) in [6.45, 7) is 2.57. The van der Waals surface area contributed by atoms with Gasteiger partial charge in [0.2, 0.25) is 5.91 Å². The molecule has 2 rings (SSSR count). The van der Waals surface area contributed by atoms with Gasteiger partial charge in [0.1, 0.15) is 6.61 Å². The quantitative estimate of drug-likeness (QED) is 0.842. The molecule has 0 radical (unpaired) electrons. The molecule has 0 aliphatic carbocycles. The average molecular weight is 292 g/mol. The second kappa shape index (κ2) is 6.89. The third-order valence-electron chi connectivity index (χ3n) is 3.37. The molecule has 4 nitrogen and oxygen atoms in total. The lowest BCUT2D eigenvalue weighted by molar-refractivity contribution is -0.126. The van der Waals surface area contributed by atoms with Crippen LogP contribution in [0.15, 0.2) is 12.1 Å². The van der Waals surface area contributed by atoms with Gasteiger partial charge in [-0.25, -0.2) is 0 Å². The minimum atomic E-state index is -0.101. The molecule has 0 spiro atoms. The third-order valence-corrected chi connectivity index (χ3v) is 4.35. The molecule has 1 N–H and O–H groups in total. The van der Waals surface area contributed by atoms with Crippen molar-refractivity contribution in [2.45, 2.75) is 13.0 Å². The van der Waals surface area contributed by atoms with Crippen molar-refractivity contribution >= 4 is 17.2 Å². The molecule has 0 saturated carbocycles. The lowest BCUT2D eigenvalue weighted by atomic mass is 10.1. The van der Waals surface area contributed by atoms with E-state index < -0.39 is 0 Å². The first-order valence-corrected chi connectivity index (χ1v) is 7.51. The Hall–Kier alpha value is -1.35.